The summed E-state index contributed by atoms with van der Waals surface area (Å²) in [4.78, 5) is 28.3. The number of anilines is 3. The molecule has 4 bridgehead atoms. The fourth-order valence-corrected chi connectivity index (χ4v) is 7.09. The van der Waals surface area contributed by atoms with Crippen LogP contribution in [-0.2, 0) is 5.41 Å². The number of carboxylic acid groups (broad SMARTS) is 1. The van der Waals surface area contributed by atoms with E-state index in [1.807, 2.05) is 12.1 Å². The van der Waals surface area contributed by atoms with E-state index in [4.69, 9.17) is 0 Å². The zero-order chi connectivity index (χ0) is 24.0. The molecule has 0 atom stereocenters. The second kappa shape index (κ2) is 8.52. The van der Waals surface area contributed by atoms with Crippen LogP contribution in [0.25, 0.3) is 0 Å². The van der Waals surface area contributed by atoms with Crippen molar-refractivity contribution in [1.29, 1.82) is 0 Å². The largest absolute Gasteiger partial charge is 0.478 e. The molecule has 4 aliphatic carbocycles. The minimum atomic E-state index is -1.05. The molecule has 0 radical (unpaired) electrons. The maximum atomic E-state index is 12.8. The summed E-state index contributed by atoms with van der Waals surface area (Å²) in [6.07, 6.45) is 9.83. The van der Waals surface area contributed by atoms with Gasteiger partial charge in [0.25, 0.3) is 5.91 Å². The number of nitrogens with zero attached hydrogens (tertiary/aromatic N) is 1. The summed E-state index contributed by atoms with van der Waals surface area (Å²) in [6, 6.07) is 18.5. The first-order valence-electron chi connectivity index (χ1n) is 12.4. The summed E-state index contributed by atoms with van der Waals surface area (Å²) in [5, 5.41) is 15.3. The molecule has 0 aliphatic heterocycles. The highest BCUT2D eigenvalue weighted by Crippen LogP contribution is 2.60. The van der Waals surface area contributed by atoms with E-state index in [1.165, 1.54) is 56.4 Å². The van der Waals surface area contributed by atoms with E-state index in [0.29, 0.717) is 16.7 Å². The van der Waals surface area contributed by atoms with Crippen molar-refractivity contribution in [2.45, 2.75) is 43.9 Å². The third kappa shape index (κ3) is 4.18. The van der Waals surface area contributed by atoms with Crippen LogP contribution >= 0.6 is 0 Å². The molecule has 1 aromatic heterocycles. The molecule has 0 spiro atoms. The Morgan fingerprint density at radius 1 is 0.829 bits per heavy atom. The molecule has 6 heteroatoms. The molecule has 3 aromatic rings. The molecular formula is C29H29N3O3. The van der Waals surface area contributed by atoms with Crippen molar-refractivity contribution in [1.82, 2.24) is 4.98 Å². The highest BCUT2D eigenvalue weighted by Gasteiger charge is 2.51. The molecule has 1 amide bonds. The van der Waals surface area contributed by atoms with E-state index in [1.54, 1.807) is 30.3 Å². The van der Waals surface area contributed by atoms with Crippen LogP contribution in [0.15, 0.2) is 66.9 Å². The lowest BCUT2D eigenvalue weighted by molar-refractivity contribution is -0.00518. The average molecular weight is 468 g/mol. The molecule has 4 fully saturated rings. The highest BCUT2D eigenvalue weighted by molar-refractivity contribution is 6.04. The first-order chi connectivity index (χ1) is 17.0. The summed E-state index contributed by atoms with van der Waals surface area (Å²) < 4.78 is 0. The average Bonchev–Trinajstić information content (AvgIpc) is 2.84. The van der Waals surface area contributed by atoms with E-state index in [-0.39, 0.29) is 17.3 Å². The molecule has 178 valence electrons. The van der Waals surface area contributed by atoms with Crippen molar-refractivity contribution in [3.05, 3.63) is 83.6 Å². The number of rotatable bonds is 6. The molecule has 0 unspecified atom stereocenters. The van der Waals surface area contributed by atoms with Crippen LogP contribution in [0.1, 0.15) is 64.8 Å². The third-order valence-corrected chi connectivity index (χ3v) is 8.24. The lowest BCUT2D eigenvalue weighted by Crippen LogP contribution is -2.48. The topological polar surface area (TPSA) is 91.3 Å². The summed E-state index contributed by atoms with van der Waals surface area (Å²) in [6.45, 7) is 0. The second-order valence-corrected chi connectivity index (χ2v) is 10.6. The van der Waals surface area contributed by atoms with Gasteiger partial charge >= 0.3 is 5.97 Å². The van der Waals surface area contributed by atoms with E-state index in [0.717, 1.165) is 23.4 Å². The number of aromatic nitrogens is 1. The summed E-state index contributed by atoms with van der Waals surface area (Å²) >= 11 is 0. The first kappa shape index (κ1) is 21.8. The van der Waals surface area contributed by atoms with Crippen LogP contribution < -0.4 is 10.6 Å². The third-order valence-electron chi connectivity index (χ3n) is 8.24. The Labute approximate surface area is 204 Å². The fourth-order valence-electron chi connectivity index (χ4n) is 7.09. The van der Waals surface area contributed by atoms with Gasteiger partial charge in [-0.2, -0.15) is 0 Å². The van der Waals surface area contributed by atoms with Crippen LogP contribution in [0.3, 0.4) is 0 Å². The Morgan fingerprint density at radius 3 is 2.03 bits per heavy atom. The van der Waals surface area contributed by atoms with Gasteiger partial charge in [0.15, 0.2) is 0 Å². The maximum Gasteiger partial charge on any atom is 0.339 e. The predicted molar refractivity (Wildman–Crippen MR) is 135 cm³/mol. The lowest BCUT2D eigenvalue weighted by Gasteiger charge is -2.57. The van der Waals surface area contributed by atoms with Gasteiger partial charge in [-0.3, -0.25) is 4.79 Å². The number of carbonyl (C=O) groups excluding carboxylic acids is 1. The number of benzene rings is 2. The molecule has 7 rings (SSSR count). The first-order valence-corrected chi connectivity index (χ1v) is 12.4. The predicted octanol–water partition coefficient (Wildman–Crippen LogP) is 6.24. The van der Waals surface area contributed by atoms with Gasteiger partial charge in [-0.25, -0.2) is 9.78 Å². The minimum absolute atomic E-state index is 0.0892. The SMILES string of the molecule is O=C(Nc1ccc(C23CC4CC(CC(C4)C2)C3)cc1)c1ccc(Nc2ncccc2C(=O)O)cc1. The van der Waals surface area contributed by atoms with Crippen molar-refractivity contribution >= 4 is 29.1 Å². The van der Waals surface area contributed by atoms with Crippen LogP contribution in [0.5, 0.6) is 0 Å². The normalized spacial score (nSPS) is 26.3. The van der Waals surface area contributed by atoms with Crippen molar-refractivity contribution < 1.29 is 14.7 Å². The monoisotopic (exact) mass is 467 g/mol. The van der Waals surface area contributed by atoms with Gasteiger partial charge in [-0.15, -0.1) is 0 Å². The smallest absolute Gasteiger partial charge is 0.339 e. The second-order valence-electron chi connectivity index (χ2n) is 10.6. The molecule has 3 N–H and O–H groups in total. The number of amides is 1. The van der Waals surface area contributed by atoms with Crippen LogP contribution in [0, 0.1) is 17.8 Å². The minimum Gasteiger partial charge on any atom is -0.478 e. The molecule has 4 aliphatic rings. The Hall–Kier alpha value is -3.67. The molecule has 1 heterocycles. The standard InChI is InChI=1S/C29H29N3O3/c33-27(21-3-7-23(8-4-21)31-26-25(28(34)35)2-1-11-30-26)32-24-9-5-22(6-10-24)29-15-18-12-19(16-29)14-20(13-18)17-29/h1-11,18-20H,12-17H2,(H,30,31)(H,32,33)(H,34,35). The molecular weight excluding hydrogens is 438 g/mol. The quantitative estimate of drug-likeness (QED) is 0.399. The Bertz CT molecular complexity index is 1230. The Morgan fingerprint density at radius 2 is 1.43 bits per heavy atom. The number of hydrogen-bond acceptors (Lipinski definition) is 4. The summed E-state index contributed by atoms with van der Waals surface area (Å²) in [7, 11) is 0. The zero-order valence-corrected chi connectivity index (χ0v) is 19.5. The summed E-state index contributed by atoms with van der Waals surface area (Å²) in [5.41, 5.74) is 3.87. The van der Waals surface area contributed by atoms with E-state index in [2.05, 4.69) is 27.8 Å². The van der Waals surface area contributed by atoms with Gasteiger partial charge in [-0.1, -0.05) is 12.1 Å². The Balaban J connectivity index is 1.12. The molecule has 4 saturated carbocycles. The van der Waals surface area contributed by atoms with Gasteiger partial charge < -0.3 is 15.7 Å². The number of carboxylic acids is 1. The highest BCUT2D eigenvalue weighted by atomic mass is 16.4. The Kier molecular flexibility index (Phi) is 5.32. The lowest BCUT2D eigenvalue weighted by atomic mass is 9.48. The summed E-state index contributed by atoms with van der Waals surface area (Å²) in [5.74, 6) is 1.76. The van der Waals surface area contributed by atoms with E-state index in [9.17, 15) is 14.7 Å². The molecule has 6 nitrogen and oxygen atoms in total. The number of hydrogen-bond donors (Lipinski definition) is 3. The van der Waals surface area contributed by atoms with Crippen molar-refractivity contribution in [2.75, 3.05) is 10.6 Å². The van der Waals surface area contributed by atoms with Gasteiger partial charge in [0.1, 0.15) is 11.4 Å². The van der Waals surface area contributed by atoms with Gasteiger partial charge in [-0.05, 0) is 116 Å². The van der Waals surface area contributed by atoms with E-state index < -0.39 is 5.97 Å². The van der Waals surface area contributed by atoms with Crippen molar-refractivity contribution in [2.24, 2.45) is 17.8 Å². The number of nitrogens with one attached hydrogen (secondary N) is 2. The fraction of sp³-hybridized carbons (Fsp3) is 0.345. The van der Waals surface area contributed by atoms with Gasteiger partial charge in [0, 0.05) is 23.1 Å². The zero-order valence-electron chi connectivity index (χ0n) is 19.5. The molecule has 35 heavy (non-hydrogen) atoms. The van der Waals surface area contributed by atoms with Crippen molar-refractivity contribution in [3.8, 4) is 0 Å². The molecule has 0 saturated heterocycles. The van der Waals surface area contributed by atoms with Gasteiger partial charge in [0.05, 0.1) is 0 Å². The van der Waals surface area contributed by atoms with Crippen molar-refractivity contribution in [3.63, 3.8) is 0 Å². The molecule has 2 aromatic carbocycles. The van der Waals surface area contributed by atoms with Crippen LogP contribution in [0.4, 0.5) is 17.2 Å². The van der Waals surface area contributed by atoms with E-state index >= 15 is 0 Å². The van der Waals surface area contributed by atoms with Crippen LogP contribution in [0.2, 0.25) is 0 Å². The maximum absolute atomic E-state index is 12.8. The number of aromatic carboxylic acids is 1. The number of pyridine rings is 1. The van der Waals surface area contributed by atoms with Gasteiger partial charge in [0.2, 0.25) is 0 Å². The number of carbonyl (C=O) groups is 2. The van der Waals surface area contributed by atoms with Crippen LogP contribution in [-0.4, -0.2) is 22.0 Å².